The van der Waals surface area contributed by atoms with Crippen molar-refractivity contribution in [3.63, 3.8) is 0 Å². The number of nitrogens with zero attached hydrogens (tertiary/aromatic N) is 1. The van der Waals surface area contributed by atoms with Crippen LogP contribution in [-0.2, 0) is 5.75 Å². The number of hydrogen-bond donors (Lipinski definition) is 2. The average molecular weight is 455 g/mol. The van der Waals surface area contributed by atoms with Crippen molar-refractivity contribution in [2.75, 3.05) is 5.32 Å². The van der Waals surface area contributed by atoms with Gasteiger partial charge in [0.25, 0.3) is 5.91 Å². The van der Waals surface area contributed by atoms with Gasteiger partial charge in [0.05, 0.1) is 15.8 Å². The fourth-order valence-electron chi connectivity index (χ4n) is 2.74. The van der Waals surface area contributed by atoms with Crippen LogP contribution in [0.5, 0.6) is 0 Å². The molecule has 30 heavy (non-hydrogen) atoms. The molecule has 4 rings (SSSR count). The summed E-state index contributed by atoms with van der Waals surface area (Å²) in [7, 11) is 0. The number of carbonyl (C=O) groups excluding carboxylic acids is 1. The fraction of sp³-hybridized carbons (Fsp3) is 0.0455. The van der Waals surface area contributed by atoms with Gasteiger partial charge in [-0.15, -0.1) is 11.3 Å². The summed E-state index contributed by atoms with van der Waals surface area (Å²) in [6, 6.07) is 19.2. The van der Waals surface area contributed by atoms with E-state index in [2.05, 4.69) is 10.3 Å². The SMILES string of the molecule is O=C(O)c1ccc(CSc2nc3ccc(NC(=O)c4ccc(Cl)cc4)cc3s2)cc1. The molecule has 0 bridgehead atoms. The van der Waals surface area contributed by atoms with E-state index in [1.54, 1.807) is 59.5 Å². The minimum atomic E-state index is -0.931. The zero-order valence-corrected chi connectivity index (χ0v) is 17.9. The van der Waals surface area contributed by atoms with Crippen LogP contribution in [0.4, 0.5) is 5.69 Å². The Labute approximate surface area is 185 Å². The number of aromatic nitrogens is 1. The molecule has 1 heterocycles. The van der Waals surface area contributed by atoms with Crippen molar-refractivity contribution in [3.05, 3.63) is 88.4 Å². The molecule has 1 aromatic heterocycles. The first-order valence-corrected chi connectivity index (χ1v) is 11.1. The van der Waals surface area contributed by atoms with Gasteiger partial charge in [0.1, 0.15) is 0 Å². The van der Waals surface area contributed by atoms with Crippen molar-refractivity contribution < 1.29 is 14.7 Å². The molecule has 0 saturated carbocycles. The van der Waals surface area contributed by atoms with Gasteiger partial charge in [-0.05, 0) is 60.2 Å². The maximum atomic E-state index is 12.4. The summed E-state index contributed by atoms with van der Waals surface area (Å²) < 4.78 is 1.89. The van der Waals surface area contributed by atoms with E-state index in [0.717, 1.165) is 20.1 Å². The summed E-state index contributed by atoms with van der Waals surface area (Å²) >= 11 is 9.01. The monoisotopic (exact) mass is 454 g/mol. The summed E-state index contributed by atoms with van der Waals surface area (Å²) in [4.78, 5) is 27.9. The standard InChI is InChI=1S/C22H15ClN2O3S2/c23-16-7-5-14(6-8-16)20(26)24-17-9-10-18-19(11-17)30-22(25-18)29-12-13-1-3-15(4-2-13)21(27)28/h1-11H,12H2,(H,24,26)(H,27,28). The molecule has 0 saturated heterocycles. The predicted molar refractivity (Wildman–Crippen MR) is 122 cm³/mol. The molecule has 0 aliphatic heterocycles. The first-order chi connectivity index (χ1) is 14.5. The molecule has 0 unspecified atom stereocenters. The lowest BCUT2D eigenvalue weighted by Gasteiger charge is -2.05. The molecule has 0 aliphatic carbocycles. The summed E-state index contributed by atoms with van der Waals surface area (Å²) in [6.45, 7) is 0. The van der Waals surface area contributed by atoms with E-state index in [0.29, 0.717) is 22.0 Å². The number of carboxylic acids is 1. The normalized spacial score (nSPS) is 10.8. The molecular formula is C22H15ClN2O3S2. The Balaban J connectivity index is 1.43. The topological polar surface area (TPSA) is 79.3 Å². The lowest BCUT2D eigenvalue weighted by atomic mass is 10.1. The van der Waals surface area contributed by atoms with E-state index in [9.17, 15) is 9.59 Å². The van der Waals surface area contributed by atoms with Crippen molar-refractivity contribution in [1.29, 1.82) is 0 Å². The Morgan fingerprint density at radius 2 is 1.70 bits per heavy atom. The number of halogens is 1. The van der Waals surface area contributed by atoms with Crippen LogP contribution in [0.25, 0.3) is 10.2 Å². The Morgan fingerprint density at radius 3 is 2.40 bits per heavy atom. The smallest absolute Gasteiger partial charge is 0.335 e. The van der Waals surface area contributed by atoms with Gasteiger partial charge in [-0.3, -0.25) is 4.79 Å². The lowest BCUT2D eigenvalue weighted by molar-refractivity contribution is 0.0696. The summed E-state index contributed by atoms with van der Waals surface area (Å²) in [5.41, 5.74) is 3.41. The Morgan fingerprint density at radius 1 is 1.00 bits per heavy atom. The van der Waals surface area contributed by atoms with Crippen LogP contribution >= 0.6 is 34.7 Å². The average Bonchev–Trinajstić information content (AvgIpc) is 3.15. The molecule has 3 aromatic carbocycles. The number of thiazole rings is 1. The van der Waals surface area contributed by atoms with Gasteiger partial charge < -0.3 is 10.4 Å². The zero-order chi connectivity index (χ0) is 21.1. The fourth-order valence-corrected chi connectivity index (χ4v) is 4.93. The van der Waals surface area contributed by atoms with E-state index >= 15 is 0 Å². The van der Waals surface area contributed by atoms with E-state index in [1.807, 2.05) is 30.3 Å². The van der Waals surface area contributed by atoms with Crippen LogP contribution in [0.1, 0.15) is 26.3 Å². The number of nitrogens with one attached hydrogen (secondary N) is 1. The second-order valence-corrected chi connectivity index (χ2v) is 9.10. The van der Waals surface area contributed by atoms with Crippen LogP contribution in [0.3, 0.4) is 0 Å². The van der Waals surface area contributed by atoms with Gasteiger partial charge in [0, 0.05) is 22.0 Å². The van der Waals surface area contributed by atoms with Crippen LogP contribution in [0, 0.1) is 0 Å². The van der Waals surface area contributed by atoms with Gasteiger partial charge in [0.2, 0.25) is 0 Å². The lowest BCUT2D eigenvalue weighted by Crippen LogP contribution is -2.11. The van der Waals surface area contributed by atoms with Crippen LogP contribution in [0.2, 0.25) is 5.02 Å². The summed E-state index contributed by atoms with van der Waals surface area (Å²) in [6.07, 6.45) is 0. The van der Waals surface area contributed by atoms with Crippen molar-refractivity contribution in [2.24, 2.45) is 0 Å². The Bertz CT molecular complexity index is 1220. The number of anilines is 1. The molecule has 0 aliphatic rings. The van der Waals surface area contributed by atoms with Crippen LogP contribution in [-0.4, -0.2) is 22.0 Å². The number of fused-ring (bicyclic) bond motifs is 1. The number of rotatable bonds is 6. The Kier molecular flexibility index (Phi) is 6.03. The first-order valence-electron chi connectivity index (χ1n) is 8.90. The quantitative estimate of drug-likeness (QED) is 0.339. The molecular weight excluding hydrogens is 440 g/mol. The molecule has 5 nitrogen and oxygen atoms in total. The van der Waals surface area contributed by atoms with Crippen LogP contribution < -0.4 is 5.32 Å². The van der Waals surface area contributed by atoms with Crippen molar-refractivity contribution in [3.8, 4) is 0 Å². The van der Waals surface area contributed by atoms with E-state index in [1.165, 1.54) is 0 Å². The minimum absolute atomic E-state index is 0.199. The van der Waals surface area contributed by atoms with E-state index in [4.69, 9.17) is 16.7 Å². The number of hydrogen-bond acceptors (Lipinski definition) is 5. The third-order valence-corrected chi connectivity index (χ3v) is 6.78. The number of carbonyl (C=O) groups is 2. The molecule has 150 valence electrons. The summed E-state index contributed by atoms with van der Waals surface area (Å²) in [5, 5.41) is 12.4. The van der Waals surface area contributed by atoms with Crippen molar-refractivity contribution in [2.45, 2.75) is 10.1 Å². The third-order valence-electron chi connectivity index (χ3n) is 4.30. The van der Waals surface area contributed by atoms with Gasteiger partial charge in [0.15, 0.2) is 4.34 Å². The first kappa shape index (κ1) is 20.4. The number of thioether (sulfide) groups is 1. The molecule has 0 radical (unpaired) electrons. The molecule has 2 N–H and O–H groups in total. The number of carboxylic acid groups (broad SMARTS) is 1. The largest absolute Gasteiger partial charge is 0.478 e. The highest BCUT2D eigenvalue weighted by Crippen LogP contribution is 2.33. The highest BCUT2D eigenvalue weighted by molar-refractivity contribution is 8.00. The second kappa shape index (κ2) is 8.87. The van der Waals surface area contributed by atoms with Gasteiger partial charge in [-0.1, -0.05) is 35.5 Å². The zero-order valence-electron chi connectivity index (χ0n) is 15.5. The van der Waals surface area contributed by atoms with E-state index in [-0.39, 0.29) is 11.5 Å². The highest BCUT2D eigenvalue weighted by atomic mass is 35.5. The molecule has 0 fully saturated rings. The maximum Gasteiger partial charge on any atom is 0.335 e. The van der Waals surface area contributed by atoms with Gasteiger partial charge >= 0.3 is 5.97 Å². The maximum absolute atomic E-state index is 12.4. The minimum Gasteiger partial charge on any atom is -0.478 e. The van der Waals surface area contributed by atoms with Crippen molar-refractivity contribution in [1.82, 2.24) is 4.98 Å². The molecule has 0 spiro atoms. The number of aromatic carboxylic acids is 1. The summed E-state index contributed by atoms with van der Waals surface area (Å²) in [5.74, 6) is -0.436. The van der Waals surface area contributed by atoms with Crippen LogP contribution in [0.15, 0.2) is 71.1 Å². The molecule has 8 heteroatoms. The van der Waals surface area contributed by atoms with Gasteiger partial charge in [-0.25, -0.2) is 9.78 Å². The highest BCUT2D eigenvalue weighted by Gasteiger charge is 2.10. The third kappa shape index (κ3) is 4.81. The number of benzene rings is 3. The number of amides is 1. The molecule has 0 atom stereocenters. The Hall–Kier alpha value is -2.87. The van der Waals surface area contributed by atoms with Crippen molar-refractivity contribution >= 4 is 62.5 Å². The molecule has 4 aromatic rings. The molecule has 1 amide bonds. The van der Waals surface area contributed by atoms with E-state index < -0.39 is 5.97 Å². The van der Waals surface area contributed by atoms with Gasteiger partial charge in [-0.2, -0.15) is 0 Å². The second-order valence-electron chi connectivity index (χ2n) is 6.41. The predicted octanol–water partition coefficient (Wildman–Crippen LogP) is 6.19.